The third-order valence-corrected chi connectivity index (χ3v) is 5.89. The summed E-state index contributed by atoms with van der Waals surface area (Å²) in [7, 11) is 4.72. The van der Waals surface area contributed by atoms with Crippen LogP contribution in [0, 0.1) is 0 Å². The molecule has 2 N–H and O–H groups in total. The van der Waals surface area contributed by atoms with Gasteiger partial charge in [0.25, 0.3) is 5.56 Å². The molecule has 1 atom stereocenters. The molecule has 33 heavy (non-hydrogen) atoms. The molecule has 10 heteroatoms. The number of fused-ring (bicyclic) bond motifs is 1. The predicted octanol–water partition coefficient (Wildman–Crippen LogP) is 3.07. The topological polar surface area (TPSA) is 106 Å². The number of hydrogen-bond acceptors (Lipinski definition) is 6. The summed E-state index contributed by atoms with van der Waals surface area (Å²) in [5.41, 5.74) is 2.59. The van der Waals surface area contributed by atoms with Gasteiger partial charge >= 0.3 is 5.97 Å². The molecule has 0 amide bonds. The minimum atomic E-state index is -0.817. The van der Waals surface area contributed by atoms with Gasteiger partial charge in [-0.1, -0.05) is 42.5 Å². The number of benzene rings is 2. The maximum Gasteiger partial charge on any atom is 0.319 e. The zero-order valence-electron chi connectivity index (χ0n) is 18.4. The highest BCUT2D eigenvalue weighted by Crippen LogP contribution is 2.28. The van der Waals surface area contributed by atoms with Gasteiger partial charge in [-0.15, -0.1) is 12.6 Å². The number of nitrogens with zero attached hydrogens (tertiary/aromatic N) is 4. The van der Waals surface area contributed by atoms with Gasteiger partial charge in [0.2, 0.25) is 0 Å². The smallest absolute Gasteiger partial charge is 0.319 e. The normalized spacial score (nSPS) is 12.7. The van der Waals surface area contributed by atoms with E-state index in [-0.39, 0.29) is 10.6 Å². The third-order valence-electron chi connectivity index (χ3n) is 5.53. The SMILES string of the molecule is CNc1c(/N=C(\S)C(C(=O)OC)c2ccccc2)n(C)n(Cc2cccc3[nH]ncc23)c1=O. The Morgan fingerprint density at radius 3 is 2.70 bits per heavy atom. The molecule has 4 aromatic rings. The van der Waals surface area contributed by atoms with Gasteiger partial charge in [-0.05, 0) is 17.2 Å². The van der Waals surface area contributed by atoms with Crippen molar-refractivity contribution in [1.29, 1.82) is 0 Å². The van der Waals surface area contributed by atoms with E-state index < -0.39 is 11.9 Å². The second-order valence-electron chi connectivity index (χ2n) is 7.42. The summed E-state index contributed by atoms with van der Waals surface area (Å²) in [6.07, 6.45) is 1.74. The van der Waals surface area contributed by atoms with E-state index in [4.69, 9.17) is 4.74 Å². The first-order valence-electron chi connectivity index (χ1n) is 10.2. The average molecular weight is 465 g/mol. The number of ether oxygens (including phenoxy) is 1. The van der Waals surface area contributed by atoms with Crippen molar-refractivity contribution in [3.8, 4) is 0 Å². The Balaban J connectivity index is 1.79. The summed E-state index contributed by atoms with van der Waals surface area (Å²) in [6.45, 7) is 0.317. The van der Waals surface area contributed by atoms with Crippen molar-refractivity contribution in [2.75, 3.05) is 19.5 Å². The van der Waals surface area contributed by atoms with Gasteiger partial charge in [0.05, 0.1) is 30.4 Å². The second kappa shape index (κ2) is 9.37. The van der Waals surface area contributed by atoms with E-state index in [0.29, 0.717) is 23.6 Å². The summed E-state index contributed by atoms with van der Waals surface area (Å²) in [6, 6.07) is 14.9. The Kier molecular flexibility index (Phi) is 6.36. The van der Waals surface area contributed by atoms with Crippen LogP contribution < -0.4 is 10.9 Å². The second-order valence-corrected chi connectivity index (χ2v) is 7.88. The van der Waals surface area contributed by atoms with Crippen LogP contribution in [0.5, 0.6) is 0 Å². The number of methoxy groups -OCH3 is 1. The third kappa shape index (κ3) is 4.17. The zero-order chi connectivity index (χ0) is 23.5. The monoisotopic (exact) mass is 464 g/mol. The van der Waals surface area contributed by atoms with E-state index in [1.165, 1.54) is 7.11 Å². The lowest BCUT2D eigenvalue weighted by atomic mass is 10.0. The van der Waals surface area contributed by atoms with Crippen molar-refractivity contribution in [2.24, 2.45) is 12.0 Å². The van der Waals surface area contributed by atoms with Crippen LogP contribution in [-0.4, -0.2) is 44.7 Å². The maximum absolute atomic E-state index is 13.2. The highest BCUT2D eigenvalue weighted by Gasteiger charge is 2.27. The molecule has 0 aliphatic heterocycles. The maximum atomic E-state index is 13.2. The lowest BCUT2D eigenvalue weighted by molar-refractivity contribution is -0.140. The molecule has 0 fully saturated rings. The van der Waals surface area contributed by atoms with Crippen LogP contribution in [-0.2, 0) is 23.1 Å². The minimum absolute atomic E-state index is 0.217. The summed E-state index contributed by atoms with van der Waals surface area (Å²) in [5.74, 6) is -0.948. The van der Waals surface area contributed by atoms with Gasteiger partial charge in [0, 0.05) is 19.5 Å². The van der Waals surface area contributed by atoms with Gasteiger partial charge in [0.1, 0.15) is 11.6 Å². The number of anilines is 1. The Hall–Kier alpha value is -3.79. The van der Waals surface area contributed by atoms with Gasteiger partial charge in [-0.2, -0.15) is 5.10 Å². The summed E-state index contributed by atoms with van der Waals surface area (Å²) >= 11 is 4.54. The van der Waals surface area contributed by atoms with E-state index in [9.17, 15) is 9.59 Å². The average Bonchev–Trinajstić information content (AvgIpc) is 3.39. The molecule has 2 aromatic heterocycles. The number of H-pyrrole nitrogens is 1. The van der Waals surface area contributed by atoms with Crippen molar-refractivity contribution in [1.82, 2.24) is 19.6 Å². The molecule has 2 aromatic carbocycles. The highest BCUT2D eigenvalue weighted by atomic mass is 32.1. The molecule has 0 bridgehead atoms. The molecule has 0 saturated carbocycles. The fourth-order valence-corrected chi connectivity index (χ4v) is 4.17. The Labute approximate surface area is 195 Å². The van der Waals surface area contributed by atoms with Crippen LogP contribution in [0.4, 0.5) is 11.5 Å². The fraction of sp³-hybridized carbons (Fsp3) is 0.217. The molecule has 0 radical (unpaired) electrons. The van der Waals surface area contributed by atoms with Crippen molar-refractivity contribution in [3.05, 3.63) is 76.2 Å². The van der Waals surface area contributed by atoms with Gasteiger partial charge in [-0.25, -0.2) is 9.67 Å². The van der Waals surface area contributed by atoms with Gasteiger partial charge < -0.3 is 10.1 Å². The van der Waals surface area contributed by atoms with Crippen molar-refractivity contribution >= 4 is 46.0 Å². The van der Waals surface area contributed by atoms with E-state index in [1.54, 1.807) is 29.7 Å². The Morgan fingerprint density at radius 1 is 1.24 bits per heavy atom. The molecular weight excluding hydrogens is 440 g/mol. The number of aromatic nitrogens is 4. The van der Waals surface area contributed by atoms with E-state index in [0.717, 1.165) is 16.5 Å². The molecule has 9 nitrogen and oxygen atoms in total. The largest absolute Gasteiger partial charge is 0.468 e. The van der Waals surface area contributed by atoms with E-state index >= 15 is 0 Å². The number of aliphatic imine (C=N–C) groups is 1. The van der Waals surface area contributed by atoms with Crippen LogP contribution in [0.3, 0.4) is 0 Å². The van der Waals surface area contributed by atoms with E-state index in [1.807, 2.05) is 48.5 Å². The molecule has 0 saturated heterocycles. The predicted molar refractivity (Wildman–Crippen MR) is 132 cm³/mol. The molecule has 4 rings (SSSR count). The lowest BCUT2D eigenvalue weighted by Gasteiger charge is -2.15. The first kappa shape index (κ1) is 22.4. The zero-order valence-corrected chi connectivity index (χ0v) is 19.3. The number of hydrogen-bond donors (Lipinski definition) is 3. The van der Waals surface area contributed by atoms with Crippen molar-refractivity contribution < 1.29 is 9.53 Å². The van der Waals surface area contributed by atoms with Crippen LogP contribution >= 0.6 is 12.6 Å². The van der Waals surface area contributed by atoms with Crippen LogP contribution in [0.2, 0.25) is 0 Å². The number of aromatic amines is 1. The molecule has 1 unspecified atom stereocenters. The summed E-state index contributed by atoms with van der Waals surface area (Å²) < 4.78 is 8.21. The quantitative estimate of drug-likeness (QED) is 0.169. The fourth-order valence-electron chi connectivity index (χ4n) is 3.82. The number of nitrogens with one attached hydrogen (secondary N) is 2. The summed E-state index contributed by atoms with van der Waals surface area (Å²) in [5, 5.41) is 11.1. The summed E-state index contributed by atoms with van der Waals surface area (Å²) in [4.78, 5) is 30.3. The molecule has 0 spiro atoms. The molecular formula is C23H24N6O3S. The van der Waals surface area contributed by atoms with Crippen LogP contribution in [0.25, 0.3) is 10.9 Å². The first-order chi connectivity index (χ1) is 16.0. The minimum Gasteiger partial charge on any atom is -0.468 e. The first-order valence-corrected chi connectivity index (χ1v) is 10.7. The number of thiol groups is 1. The number of carbonyl (C=O) groups is 1. The molecule has 2 heterocycles. The Morgan fingerprint density at radius 2 is 2.00 bits per heavy atom. The lowest BCUT2D eigenvalue weighted by Crippen LogP contribution is -2.23. The van der Waals surface area contributed by atoms with Gasteiger partial charge in [-0.3, -0.25) is 19.4 Å². The molecule has 0 aliphatic carbocycles. The van der Waals surface area contributed by atoms with Crippen LogP contribution in [0.15, 0.2) is 64.5 Å². The number of rotatable bonds is 7. The number of carbonyl (C=O) groups excluding carboxylic acids is 1. The van der Waals surface area contributed by atoms with Crippen LogP contribution in [0.1, 0.15) is 17.0 Å². The standard InChI is InChI=1S/C23H24N6O3S/c1-24-19-20(26-21(33)18(23(31)32-3)14-8-5-4-6-9-14)28(2)29(22(19)30)13-15-10-7-11-17-16(15)12-25-27-17/h4-12,18,24H,13H2,1-3H3,(H,25,27)(H,26,33). The van der Waals surface area contributed by atoms with Crippen molar-refractivity contribution in [3.63, 3.8) is 0 Å². The molecule has 0 aliphatic rings. The Bertz CT molecular complexity index is 1390. The number of esters is 1. The van der Waals surface area contributed by atoms with Gasteiger partial charge in [0.15, 0.2) is 5.82 Å². The van der Waals surface area contributed by atoms with E-state index in [2.05, 4.69) is 33.1 Å². The van der Waals surface area contributed by atoms with Crippen molar-refractivity contribution in [2.45, 2.75) is 12.5 Å². The molecule has 170 valence electrons. The highest BCUT2D eigenvalue weighted by molar-refractivity contribution is 7.97.